The van der Waals surface area contributed by atoms with Crippen molar-refractivity contribution in [3.8, 4) is 5.82 Å². The number of piperazine rings is 1. The smallest absolute Gasteiger partial charge is 0.334 e. The Kier molecular flexibility index (Phi) is 3.75. The minimum atomic E-state index is -0.537. The first kappa shape index (κ1) is 14.9. The molecule has 0 unspecified atom stereocenters. The Bertz CT molecular complexity index is 981. The number of nitrogens with one attached hydrogen (secondary N) is 2. The third-order valence-corrected chi connectivity index (χ3v) is 4.18. The summed E-state index contributed by atoms with van der Waals surface area (Å²) in [5.41, 5.74) is 0.757. The molecule has 1 aromatic carbocycles. The van der Waals surface area contributed by atoms with Gasteiger partial charge in [0.2, 0.25) is 0 Å². The topological polar surface area (TPSA) is 96.2 Å². The van der Waals surface area contributed by atoms with E-state index in [0.717, 1.165) is 43.7 Å². The molecule has 0 radical (unpaired) electrons. The van der Waals surface area contributed by atoms with E-state index in [1.165, 1.54) is 16.8 Å². The average molecular weight is 327 g/mol. The Balaban J connectivity index is 1.73. The quantitative estimate of drug-likeness (QED) is 0.707. The van der Waals surface area contributed by atoms with Gasteiger partial charge in [0.25, 0.3) is 5.56 Å². The Labute approximate surface area is 136 Å². The third-order valence-electron chi connectivity index (χ3n) is 4.18. The van der Waals surface area contributed by atoms with E-state index in [0.29, 0.717) is 11.4 Å². The Hall–Kier alpha value is -2.71. The highest BCUT2D eigenvalue weighted by atomic mass is 16.5. The highest BCUT2D eigenvalue weighted by Crippen LogP contribution is 2.22. The maximum Gasteiger partial charge on any atom is 0.334 e. The fourth-order valence-corrected chi connectivity index (χ4v) is 2.96. The average Bonchev–Trinajstić information content (AvgIpc) is 2.99. The van der Waals surface area contributed by atoms with Gasteiger partial charge in [-0.2, -0.15) is 0 Å². The lowest BCUT2D eigenvalue weighted by Crippen LogP contribution is -2.42. The molecule has 1 aliphatic heterocycles. The van der Waals surface area contributed by atoms with Crippen LogP contribution in [0.15, 0.2) is 44.6 Å². The van der Waals surface area contributed by atoms with Crippen LogP contribution in [0.2, 0.25) is 0 Å². The minimum absolute atomic E-state index is 0.383. The van der Waals surface area contributed by atoms with Gasteiger partial charge in [0, 0.05) is 45.0 Å². The van der Waals surface area contributed by atoms with Gasteiger partial charge in [-0.25, -0.2) is 9.36 Å². The molecule has 124 valence electrons. The second-order valence-electron chi connectivity index (χ2n) is 5.84. The van der Waals surface area contributed by atoms with Crippen LogP contribution in [-0.4, -0.2) is 45.8 Å². The van der Waals surface area contributed by atoms with Crippen LogP contribution in [0.4, 0.5) is 0 Å². The van der Waals surface area contributed by atoms with E-state index in [2.05, 4.69) is 20.4 Å². The fraction of sp³-hybridized carbons (Fsp3) is 0.312. The number of aromatic nitrogens is 3. The number of fused-ring (bicyclic) bond motifs is 1. The van der Waals surface area contributed by atoms with Gasteiger partial charge in [-0.3, -0.25) is 14.7 Å². The van der Waals surface area contributed by atoms with E-state index >= 15 is 0 Å². The summed E-state index contributed by atoms with van der Waals surface area (Å²) in [7, 11) is 0. The van der Waals surface area contributed by atoms with Crippen molar-refractivity contribution in [2.45, 2.75) is 6.54 Å². The molecule has 0 atom stereocenters. The van der Waals surface area contributed by atoms with Crippen molar-refractivity contribution in [2.75, 3.05) is 26.2 Å². The Morgan fingerprint density at radius 1 is 1.17 bits per heavy atom. The molecule has 1 aliphatic rings. The minimum Gasteiger partial charge on any atom is -0.354 e. The molecule has 1 saturated heterocycles. The number of nitrogens with zero attached hydrogens (tertiary/aromatic N) is 3. The van der Waals surface area contributed by atoms with Gasteiger partial charge < -0.3 is 9.84 Å². The molecule has 2 aromatic heterocycles. The van der Waals surface area contributed by atoms with Gasteiger partial charge >= 0.3 is 5.69 Å². The first-order valence-electron chi connectivity index (χ1n) is 7.84. The maximum atomic E-state index is 12.0. The summed E-state index contributed by atoms with van der Waals surface area (Å²) in [6.45, 7) is 4.84. The Morgan fingerprint density at radius 2 is 2.00 bits per heavy atom. The van der Waals surface area contributed by atoms with Gasteiger partial charge in [0.15, 0.2) is 11.4 Å². The van der Waals surface area contributed by atoms with E-state index in [4.69, 9.17) is 4.52 Å². The van der Waals surface area contributed by atoms with Crippen LogP contribution in [-0.2, 0) is 6.54 Å². The second-order valence-corrected chi connectivity index (χ2v) is 5.84. The summed E-state index contributed by atoms with van der Waals surface area (Å²) in [5, 5.41) is 8.07. The van der Waals surface area contributed by atoms with Gasteiger partial charge in [0.1, 0.15) is 0 Å². The number of rotatable bonds is 3. The molecular formula is C16H17N5O3. The largest absolute Gasteiger partial charge is 0.354 e. The van der Waals surface area contributed by atoms with Crippen LogP contribution in [0.1, 0.15) is 5.56 Å². The number of H-pyrrole nitrogens is 1. The van der Waals surface area contributed by atoms with Crippen molar-refractivity contribution in [2.24, 2.45) is 0 Å². The van der Waals surface area contributed by atoms with E-state index in [9.17, 15) is 9.59 Å². The molecule has 24 heavy (non-hydrogen) atoms. The van der Waals surface area contributed by atoms with Crippen LogP contribution in [0.25, 0.3) is 16.8 Å². The highest BCUT2D eigenvalue weighted by Gasteiger charge is 2.14. The number of aromatic amines is 1. The standard InChI is InChI=1S/C16H17N5O3/c22-14-3-6-21(16(23)18-14)15-12-9-11(1-2-13(12)24-19-15)10-20-7-4-17-5-8-20/h1-3,6,9,17H,4-5,7-8,10H2,(H,18,22,23). The molecule has 8 nitrogen and oxygen atoms in total. The monoisotopic (exact) mass is 327 g/mol. The van der Waals surface area contributed by atoms with Crippen LogP contribution < -0.4 is 16.6 Å². The molecule has 0 spiro atoms. The lowest BCUT2D eigenvalue weighted by Gasteiger charge is -2.27. The molecule has 4 rings (SSSR count). The molecule has 0 saturated carbocycles. The van der Waals surface area contributed by atoms with Crippen LogP contribution in [0, 0.1) is 0 Å². The van der Waals surface area contributed by atoms with Crippen molar-refractivity contribution in [3.05, 3.63) is 56.9 Å². The zero-order chi connectivity index (χ0) is 16.5. The van der Waals surface area contributed by atoms with E-state index in [1.54, 1.807) is 0 Å². The van der Waals surface area contributed by atoms with E-state index in [-0.39, 0.29) is 0 Å². The van der Waals surface area contributed by atoms with Crippen LogP contribution >= 0.6 is 0 Å². The zero-order valence-corrected chi connectivity index (χ0v) is 13.0. The van der Waals surface area contributed by atoms with Crippen molar-refractivity contribution in [3.63, 3.8) is 0 Å². The summed E-state index contributed by atoms with van der Waals surface area (Å²) < 4.78 is 6.59. The molecular weight excluding hydrogens is 310 g/mol. The van der Waals surface area contributed by atoms with Gasteiger partial charge in [-0.1, -0.05) is 11.2 Å². The number of benzene rings is 1. The normalized spacial score (nSPS) is 15.8. The predicted octanol–water partition coefficient (Wildman–Crippen LogP) is 0.0722. The molecule has 1 fully saturated rings. The Morgan fingerprint density at radius 3 is 2.79 bits per heavy atom. The third kappa shape index (κ3) is 2.77. The number of hydrogen-bond donors (Lipinski definition) is 2. The van der Waals surface area contributed by atoms with Crippen molar-refractivity contribution in [1.29, 1.82) is 0 Å². The maximum absolute atomic E-state index is 12.0. The van der Waals surface area contributed by atoms with Crippen molar-refractivity contribution < 1.29 is 4.52 Å². The summed E-state index contributed by atoms with van der Waals surface area (Å²) in [6, 6.07) is 7.14. The van der Waals surface area contributed by atoms with Crippen LogP contribution in [0.3, 0.4) is 0 Å². The first-order valence-corrected chi connectivity index (χ1v) is 7.84. The van der Waals surface area contributed by atoms with Crippen molar-refractivity contribution >= 4 is 11.0 Å². The molecule has 2 N–H and O–H groups in total. The SMILES string of the molecule is O=c1ccn(-c2noc3ccc(CN4CCNCC4)cc23)c(=O)[nH]1. The molecule has 0 aliphatic carbocycles. The number of hydrogen-bond acceptors (Lipinski definition) is 6. The van der Waals surface area contributed by atoms with Gasteiger partial charge in [-0.15, -0.1) is 0 Å². The highest BCUT2D eigenvalue weighted by molar-refractivity contribution is 5.84. The van der Waals surface area contributed by atoms with E-state index in [1.807, 2.05) is 18.2 Å². The zero-order valence-electron chi connectivity index (χ0n) is 13.0. The van der Waals surface area contributed by atoms with Crippen LogP contribution in [0.5, 0.6) is 0 Å². The molecule has 3 heterocycles. The summed E-state index contributed by atoms with van der Waals surface area (Å²) in [5.74, 6) is 0.383. The molecule has 0 amide bonds. The second kappa shape index (κ2) is 6.06. The molecule has 8 heteroatoms. The summed E-state index contributed by atoms with van der Waals surface area (Å²) in [6.07, 6.45) is 1.40. The molecule has 3 aromatic rings. The lowest BCUT2D eigenvalue weighted by atomic mass is 10.1. The van der Waals surface area contributed by atoms with Gasteiger partial charge in [0.05, 0.1) is 5.39 Å². The summed E-state index contributed by atoms with van der Waals surface area (Å²) >= 11 is 0. The van der Waals surface area contributed by atoms with Gasteiger partial charge in [-0.05, 0) is 17.7 Å². The first-order chi connectivity index (χ1) is 11.7. The summed E-state index contributed by atoms with van der Waals surface area (Å²) in [4.78, 5) is 27.8. The fourth-order valence-electron chi connectivity index (χ4n) is 2.96. The predicted molar refractivity (Wildman–Crippen MR) is 88.4 cm³/mol. The molecule has 0 bridgehead atoms. The van der Waals surface area contributed by atoms with E-state index < -0.39 is 11.2 Å². The van der Waals surface area contributed by atoms with Crippen molar-refractivity contribution in [1.82, 2.24) is 24.9 Å². The lowest BCUT2D eigenvalue weighted by molar-refractivity contribution is 0.233.